The van der Waals surface area contributed by atoms with Crippen molar-refractivity contribution in [3.8, 4) is 0 Å². The fraction of sp³-hybridized carbons (Fsp3) is 0.103. The maximum Gasteiger partial charge on any atom is 0.159 e. The van der Waals surface area contributed by atoms with Crippen LogP contribution in [0.1, 0.15) is 50.7 Å². The highest BCUT2D eigenvalue weighted by Gasteiger charge is 2.28. The van der Waals surface area contributed by atoms with Gasteiger partial charge in [-0.25, -0.2) is 0 Å². The SMILES string of the molecule is CC(C)c1ccc(N(c2cc(N(c3ccc(C(C)C)cc3)c3cccc4c3oc3ccccc34)c3ccc4cccc5ccc2c3c54)c2cccc3c2oc2ccccc23)cc1. The zero-order valence-corrected chi connectivity index (χ0v) is 35.2. The number of anilines is 6. The quantitative estimate of drug-likeness (QED) is 0.143. The average molecular weight is 801 g/mol. The van der Waals surface area contributed by atoms with Crippen LogP contribution in [0.4, 0.5) is 34.1 Å². The van der Waals surface area contributed by atoms with Gasteiger partial charge in [0.2, 0.25) is 0 Å². The van der Waals surface area contributed by atoms with Crippen LogP contribution in [0.15, 0.2) is 191 Å². The Bertz CT molecular complexity index is 3410. The molecule has 0 radical (unpaired) electrons. The van der Waals surface area contributed by atoms with Gasteiger partial charge in [0.25, 0.3) is 0 Å². The van der Waals surface area contributed by atoms with Gasteiger partial charge in [0.15, 0.2) is 11.2 Å². The van der Waals surface area contributed by atoms with Crippen LogP contribution in [0.25, 0.3) is 76.2 Å². The minimum absolute atomic E-state index is 0.397. The van der Waals surface area contributed by atoms with Crippen molar-refractivity contribution < 1.29 is 8.83 Å². The Morgan fingerprint density at radius 2 is 0.758 bits per heavy atom. The smallest absolute Gasteiger partial charge is 0.159 e. The number of fused-ring (bicyclic) bond motifs is 6. The minimum atomic E-state index is 0.397. The van der Waals surface area contributed by atoms with Crippen LogP contribution >= 0.6 is 0 Å². The molecule has 0 unspecified atom stereocenters. The molecule has 12 aromatic rings. The molecule has 0 saturated heterocycles. The largest absolute Gasteiger partial charge is 0.454 e. The van der Waals surface area contributed by atoms with Gasteiger partial charge in [0, 0.05) is 49.1 Å². The Balaban J connectivity index is 1.23. The summed E-state index contributed by atoms with van der Waals surface area (Å²) in [5.41, 5.74) is 12.2. The first-order chi connectivity index (χ1) is 30.4. The van der Waals surface area contributed by atoms with Crippen LogP contribution in [-0.2, 0) is 0 Å². The number of para-hydroxylation sites is 4. The lowest BCUT2D eigenvalue weighted by atomic mass is 9.91. The molecule has 0 saturated carbocycles. The van der Waals surface area contributed by atoms with E-state index >= 15 is 0 Å². The summed E-state index contributed by atoms with van der Waals surface area (Å²) in [7, 11) is 0. The first kappa shape index (κ1) is 36.3. The third-order valence-corrected chi connectivity index (χ3v) is 13.0. The van der Waals surface area contributed by atoms with Crippen molar-refractivity contribution in [2.24, 2.45) is 0 Å². The highest BCUT2D eigenvalue weighted by atomic mass is 16.3. The number of nitrogens with zero attached hydrogens (tertiary/aromatic N) is 2. The molecule has 2 aromatic heterocycles. The lowest BCUT2D eigenvalue weighted by molar-refractivity contribution is 0.669. The van der Waals surface area contributed by atoms with E-state index in [9.17, 15) is 0 Å². The molecular formula is C58H44N2O2. The Morgan fingerprint density at radius 3 is 1.21 bits per heavy atom. The van der Waals surface area contributed by atoms with Crippen molar-refractivity contribution in [3.05, 3.63) is 193 Å². The van der Waals surface area contributed by atoms with E-state index in [4.69, 9.17) is 8.83 Å². The number of rotatable bonds is 8. The molecule has 0 bridgehead atoms. The lowest BCUT2D eigenvalue weighted by Crippen LogP contribution is -2.15. The van der Waals surface area contributed by atoms with Crippen LogP contribution in [0.5, 0.6) is 0 Å². The Kier molecular flexibility index (Phi) is 8.20. The summed E-state index contributed by atoms with van der Waals surface area (Å²) >= 11 is 0. The van der Waals surface area contributed by atoms with E-state index in [1.54, 1.807) is 0 Å². The number of hydrogen-bond donors (Lipinski definition) is 0. The van der Waals surface area contributed by atoms with E-state index in [0.717, 1.165) is 88.8 Å². The molecule has 0 N–H and O–H groups in total. The molecule has 4 heteroatoms. The molecule has 298 valence electrons. The highest BCUT2D eigenvalue weighted by Crippen LogP contribution is 2.52. The zero-order chi connectivity index (χ0) is 41.6. The van der Waals surface area contributed by atoms with Crippen molar-refractivity contribution in [2.45, 2.75) is 39.5 Å². The van der Waals surface area contributed by atoms with Crippen molar-refractivity contribution in [1.82, 2.24) is 0 Å². The lowest BCUT2D eigenvalue weighted by Gasteiger charge is -2.32. The Labute approximate surface area is 360 Å². The fourth-order valence-electron chi connectivity index (χ4n) is 9.81. The number of benzene rings is 10. The second kappa shape index (κ2) is 14.0. The summed E-state index contributed by atoms with van der Waals surface area (Å²) in [4.78, 5) is 4.85. The first-order valence-corrected chi connectivity index (χ1v) is 21.7. The van der Waals surface area contributed by atoms with E-state index < -0.39 is 0 Å². The van der Waals surface area contributed by atoms with Gasteiger partial charge in [-0.3, -0.25) is 0 Å². The standard InChI is InChI=1S/C58H44N2O2/c1-35(2)37-22-28-41(29-23-37)59(49-18-10-16-45-43-14-5-7-20-53(43)61-57(45)49)51-34-52(48-33-27-40-13-9-12-39-26-32-47(51)56(48)55(39)40)60(42-30-24-38(25-31-42)36(3)4)50-19-11-17-46-44-15-6-8-21-54(44)62-58(46)50/h5-36H,1-4H3. The van der Waals surface area contributed by atoms with Crippen molar-refractivity contribution in [3.63, 3.8) is 0 Å². The summed E-state index contributed by atoms with van der Waals surface area (Å²) in [6, 6.07) is 66.2. The molecule has 0 aliphatic heterocycles. The second-order valence-corrected chi connectivity index (χ2v) is 17.3. The molecule has 0 amide bonds. The van der Waals surface area contributed by atoms with Gasteiger partial charge >= 0.3 is 0 Å². The topological polar surface area (TPSA) is 32.8 Å². The summed E-state index contributed by atoms with van der Waals surface area (Å²) in [6.07, 6.45) is 0. The van der Waals surface area contributed by atoms with Gasteiger partial charge in [0.05, 0.1) is 22.7 Å². The maximum atomic E-state index is 6.85. The van der Waals surface area contributed by atoms with E-state index in [1.807, 2.05) is 12.1 Å². The molecule has 2 heterocycles. The summed E-state index contributed by atoms with van der Waals surface area (Å²) < 4.78 is 13.7. The van der Waals surface area contributed by atoms with Crippen LogP contribution in [-0.4, -0.2) is 0 Å². The molecule has 0 fully saturated rings. The predicted octanol–water partition coefficient (Wildman–Crippen LogP) is 17.6. The summed E-state index contributed by atoms with van der Waals surface area (Å²) in [5.74, 6) is 0.795. The van der Waals surface area contributed by atoms with E-state index in [-0.39, 0.29) is 0 Å². The molecule has 4 nitrogen and oxygen atoms in total. The minimum Gasteiger partial charge on any atom is -0.454 e. The summed E-state index contributed by atoms with van der Waals surface area (Å²) in [5, 5.41) is 11.6. The third kappa shape index (κ3) is 5.53. The maximum absolute atomic E-state index is 6.85. The molecule has 12 rings (SSSR count). The monoisotopic (exact) mass is 800 g/mol. The first-order valence-electron chi connectivity index (χ1n) is 21.7. The second-order valence-electron chi connectivity index (χ2n) is 17.3. The van der Waals surface area contributed by atoms with Gasteiger partial charge in [-0.1, -0.05) is 155 Å². The Morgan fingerprint density at radius 1 is 0.339 bits per heavy atom. The van der Waals surface area contributed by atoms with E-state index in [0.29, 0.717) is 11.8 Å². The van der Waals surface area contributed by atoms with Crippen molar-refractivity contribution >= 4 is 110 Å². The van der Waals surface area contributed by atoms with Crippen LogP contribution < -0.4 is 9.80 Å². The van der Waals surface area contributed by atoms with Gasteiger partial charge in [-0.05, 0) is 93.7 Å². The van der Waals surface area contributed by atoms with Crippen molar-refractivity contribution in [1.29, 1.82) is 0 Å². The third-order valence-electron chi connectivity index (χ3n) is 13.0. The van der Waals surface area contributed by atoms with Crippen LogP contribution in [0.3, 0.4) is 0 Å². The molecule has 62 heavy (non-hydrogen) atoms. The summed E-state index contributed by atoms with van der Waals surface area (Å²) in [6.45, 7) is 9.00. The molecule has 10 aromatic carbocycles. The van der Waals surface area contributed by atoms with Crippen molar-refractivity contribution in [2.75, 3.05) is 9.80 Å². The molecule has 0 aliphatic rings. The van der Waals surface area contributed by atoms with E-state index in [2.05, 4.69) is 207 Å². The molecular weight excluding hydrogens is 757 g/mol. The number of furan rings is 2. The van der Waals surface area contributed by atoms with Gasteiger partial charge in [-0.2, -0.15) is 0 Å². The highest BCUT2D eigenvalue weighted by molar-refractivity contribution is 6.29. The molecule has 0 aliphatic carbocycles. The molecule has 0 spiro atoms. The van der Waals surface area contributed by atoms with Crippen LogP contribution in [0, 0.1) is 0 Å². The predicted molar refractivity (Wildman–Crippen MR) is 262 cm³/mol. The van der Waals surface area contributed by atoms with Gasteiger partial charge in [0.1, 0.15) is 11.2 Å². The van der Waals surface area contributed by atoms with Crippen LogP contribution in [0.2, 0.25) is 0 Å². The number of hydrogen-bond acceptors (Lipinski definition) is 4. The average Bonchev–Trinajstić information content (AvgIpc) is 3.89. The fourth-order valence-corrected chi connectivity index (χ4v) is 9.81. The normalized spacial score (nSPS) is 12.2. The van der Waals surface area contributed by atoms with Gasteiger partial charge in [-0.15, -0.1) is 0 Å². The van der Waals surface area contributed by atoms with E-state index in [1.165, 1.54) is 32.7 Å². The van der Waals surface area contributed by atoms with Gasteiger partial charge < -0.3 is 18.6 Å². The zero-order valence-electron chi connectivity index (χ0n) is 35.2. The molecule has 0 atom stereocenters. The Hall–Kier alpha value is -7.56.